The third-order valence-corrected chi connectivity index (χ3v) is 4.37. The maximum atomic E-state index is 12.1. The standard InChI is InChI=1S/C20H17BrO4/c21-17-9-7-14(8-10-17)18(22)5-3-11-24-20(23)16-12-15-4-1-2-6-19(15)25-13-16/h1-2,4,6-10,12H,3,5,11,13H2. The molecule has 0 saturated carbocycles. The molecule has 1 aliphatic rings. The summed E-state index contributed by atoms with van der Waals surface area (Å²) in [5, 5.41) is 0. The quantitative estimate of drug-likeness (QED) is 0.408. The Bertz CT molecular complexity index is 809. The first kappa shape index (κ1) is 17.4. The maximum absolute atomic E-state index is 12.1. The number of halogens is 1. The summed E-state index contributed by atoms with van der Waals surface area (Å²) in [5.74, 6) is 0.405. The van der Waals surface area contributed by atoms with Crippen LogP contribution < -0.4 is 4.74 Å². The monoisotopic (exact) mass is 400 g/mol. The zero-order chi connectivity index (χ0) is 17.6. The number of Topliss-reactive ketones (excluding diaryl/α,β-unsaturated/α-hetero) is 1. The highest BCUT2D eigenvalue weighted by atomic mass is 79.9. The Morgan fingerprint density at radius 1 is 1.08 bits per heavy atom. The highest BCUT2D eigenvalue weighted by Crippen LogP contribution is 2.26. The van der Waals surface area contributed by atoms with E-state index in [9.17, 15) is 9.59 Å². The van der Waals surface area contributed by atoms with Crippen molar-refractivity contribution in [1.29, 1.82) is 0 Å². The van der Waals surface area contributed by atoms with Crippen molar-refractivity contribution in [2.45, 2.75) is 12.8 Å². The number of carbonyl (C=O) groups is 2. The Balaban J connectivity index is 1.46. The van der Waals surface area contributed by atoms with Crippen molar-refractivity contribution in [3.8, 4) is 5.75 Å². The van der Waals surface area contributed by atoms with Gasteiger partial charge in [0.2, 0.25) is 0 Å². The first-order valence-corrected chi connectivity index (χ1v) is 8.81. The number of rotatable bonds is 6. The summed E-state index contributed by atoms with van der Waals surface area (Å²) < 4.78 is 11.7. The zero-order valence-corrected chi connectivity index (χ0v) is 15.1. The first-order valence-electron chi connectivity index (χ1n) is 8.02. The molecular weight excluding hydrogens is 384 g/mol. The van der Waals surface area contributed by atoms with Gasteiger partial charge in [0.15, 0.2) is 5.78 Å². The SMILES string of the molecule is O=C(OCCCC(=O)c1ccc(Br)cc1)C1=Cc2ccccc2OC1. The van der Waals surface area contributed by atoms with Crippen LogP contribution in [0.1, 0.15) is 28.8 Å². The lowest BCUT2D eigenvalue weighted by molar-refractivity contribution is -0.139. The number of ketones is 1. The number of ether oxygens (including phenoxy) is 2. The van der Waals surface area contributed by atoms with Crippen LogP contribution in [0.5, 0.6) is 5.75 Å². The molecule has 0 bridgehead atoms. The van der Waals surface area contributed by atoms with Gasteiger partial charge >= 0.3 is 5.97 Å². The van der Waals surface area contributed by atoms with Crippen molar-refractivity contribution < 1.29 is 19.1 Å². The zero-order valence-electron chi connectivity index (χ0n) is 13.5. The van der Waals surface area contributed by atoms with E-state index in [0.717, 1.165) is 15.8 Å². The molecule has 0 amide bonds. The van der Waals surface area contributed by atoms with E-state index in [4.69, 9.17) is 9.47 Å². The molecule has 4 nitrogen and oxygen atoms in total. The third kappa shape index (κ3) is 4.57. The molecule has 0 aliphatic carbocycles. The van der Waals surface area contributed by atoms with Crippen LogP contribution in [-0.4, -0.2) is 25.0 Å². The second kappa shape index (κ2) is 8.12. The number of esters is 1. The van der Waals surface area contributed by atoms with Crippen molar-refractivity contribution in [3.05, 3.63) is 69.7 Å². The van der Waals surface area contributed by atoms with Gasteiger partial charge in [0.1, 0.15) is 12.4 Å². The molecule has 0 aromatic heterocycles. The van der Waals surface area contributed by atoms with Crippen LogP contribution in [0.2, 0.25) is 0 Å². The van der Waals surface area contributed by atoms with E-state index >= 15 is 0 Å². The number of hydrogen-bond donors (Lipinski definition) is 0. The molecule has 2 aromatic rings. The minimum atomic E-state index is -0.398. The predicted octanol–water partition coefficient (Wildman–Crippen LogP) is 4.43. The lowest BCUT2D eigenvalue weighted by atomic mass is 10.1. The fourth-order valence-electron chi connectivity index (χ4n) is 2.50. The molecule has 128 valence electrons. The van der Waals surface area contributed by atoms with Crippen LogP contribution in [0.4, 0.5) is 0 Å². The number of para-hydroxylation sites is 1. The van der Waals surface area contributed by atoms with Gasteiger partial charge < -0.3 is 9.47 Å². The Kier molecular flexibility index (Phi) is 5.66. The van der Waals surface area contributed by atoms with Gasteiger partial charge in [-0.05, 0) is 30.7 Å². The Labute approximate surface area is 154 Å². The summed E-state index contributed by atoms with van der Waals surface area (Å²) in [7, 11) is 0. The van der Waals surface area contributed by atoms with Gasteiger partial charge in [0.05, 0.1) is 12.2 Å². The minimum Gasteiger partial charge on any atom is -0.488 e. The molecule has 0 atom stereocenters. The van der Waals surface area contributed by atoms with Crippen LogP contribution in [0.25, 0.3) is 6.08 Å². The molecule has 1 heterocycles. The summed E-state index contributed by atoms with van der Waals surface area (Å²) >= 11 is 3.34. The molecule has 2 aromatic carbocycles. The molecule has 25 heavy (non-hydrogen) atoms. The van der Waals surface area contributed by atoms with Crippen LogP contribution in [0.15, 0.2) is 58.6 Å². The molecule has 0 unspecified atom stereocenters. The third-order valence-electron chi connectivity index (χ3n) is 3.84. The number of carbonyl (C=O) groups excluding carboxylic acids is 2. The minimum absolute atomic E-state index is 0.0395. The number of fused-ring (bicyclic) bond motifs is 1. The fourth-order valence-corrected chi connectivity index (χ4v) is 2.77. The highest BCUT2D eigenvalue weighted by Gasteiger charge is 2.18. The van der Waals surface area contributed by atoms with E-state index in [-0.39, 0.29) is 19.0 Å². The second-order valence-electron chi connectivity index (χ2n) is 5.67. The highest BCUT2D eigenvalue weighted by molar-refractivity contribution is 9.10. The molecule has 5 heteroatoms. The van der Waals surface area contributed by atoms with Gasteiger partial charge in [-0.25, -0.2) is 4.79 Å². The molecule has 0 N–H and O–H groups in total. The van der Waals surface area contributed by atoms with Gasteiger partial charge in [-0.1, -0.05) is 46.3 Å². The predicted molar refractivity (Wildman–Crippen MR) is 98.6 cm³/mol. The molecule has 0 spiro atoms. The van der Waals surface area contributed by atoms with Crippen LogP contribution in [0, 0.1) is 0 Å². The molecule has 0 fully saturated rings. The Morgan fingerprint density at radius 2 is 1.84 bits per heavy atom. The van der Waals surface area contributed by atoms with Crippen molar-refractivity contribution in [3.63, 3.8) is 0 Å². The van der Waals surface area contributed by atoms with Crippen molar-refractivity contribution in [2.75, 3.05) is 13.2 Å². The van der Waals surface area contributed by atoms with E-state index in [1.807, 2.05) is 36.4 Å². The summed E-state index contributed by atoms with van der Waals surface area (Å²) in [6.45, 7) is 0.410. The normalized spacial score (nSPS) is 12.6. The van der Waals surface area contributed by atoms with Crippen LogP contribution in [-0.2, 0) is 9.53 Å². The van der Waals surface area contributed by atoms with E-state index in [1.54, 1.807) is 18.2 Å². The van der Waals surface area contributed by atoms with Crippen molar-refractivity contribution >= 4 is 33.8 Å². The molecule has 0 radical (unpaired) electrons. The van der Waals surface area contributed by atoms with Gasteiger partial charge in [-0.15, -0.1) is 0 Å². The first-order chi connectivity index (χ1) is 12.1. The van der Waals surface area contributed by atoms with Crippen molar-refractivity contribution in [2.24, 2.45) is 0 Å². The number of hydrogen-bond acceptors (Lipinski definition) is 4. The van der Waals surface area contributed by atoms with Crippen LogP contribution >= 0.6 is 15.9 Å². The maximum Gasteiger partial charge on any atom is 0.337 e. The van der Waals surface area contributed by atoms with E-state index in [0.29, 0.717) is 24.0 Å². The van der Waals surface area contributed by atoms with Crippen molar-refractivity contribution in [1.82, 2.24) is 0 Å². The summed E-state index contributed by atoms with van der Waals surface area (Å²) in [6, 6.07) is 14.8. The lowest BCUT2D eigenvalue weighted by Crippen LogP contribution is -2.18. The smallest absolute Gasteiger partial charge is 0.337 e. The molecule has 0 saturated heterocycles. The topological polar surface area (TPSA) is 52.6 Å². The molecule has 3 rings (SSSR count). The van der Waals surface area contributed by atoms with E-state index in [1.165, 1.54) is 0 Å². The van der Waals surface area contributed by atoms with Gasteiger partial charge in [0.25, 0.3) is 0 Å². The average molecular weight is 401 g/mol. The molecule has 1 aliphatic heterocycles. The lowest BCUT2D eigenvalue weighted by Gasteiger charge is -2.16. The van der Waals surface area contributed by atoms with E-state index < -0.39 is 5.97 Å². The van der Waals surface area contributed by atoms with Gasteiger partial charge in [-0.3, -0.25) is 4.79 Å². The van der Waals surface area contributed by atoms with Gasteiger partial charge in [0, 0.05) is 22.0 Å². The second-order valence-corrected chi connectivity index (χ2v) is 6.58. The summed E-state index contributed by atoms with van der Waals surface area (Å²) in [4.78, 5) is 24.2. The van der Waals surface area contributed by atoms with Crippen LogP contribution in [0.3, 0.4) is 0 Å². The summed E-state index contributed by atoms with van der Waals surface area (Å²) in [6.07, 6.45) is 2.62. The fraction of sp³-hybridized carbons (Fsp3) is 0.200. The summed E-state index contributed by atoms with van der Waals surface area (Å²) in [5.41, 5.74) is 2.01. The average Bonchev–Trinajstić information content (AvgIpc) is 2.65. The van der Waals surface area contributed by atoms with E-state index in [2.05, 4.69) is 15.9 Å². The Hall–Kier alpha value is -2.40. The molecular formula is C20H17BrO4. The largest absolute Gasteiger partial charge is 0.488 e. The Morgan fingerprint density at radius 3 is 2.64 bits per heavy atom. The van der Waals surface area contributed by atoms with Gasteiger partial charge in [-0.2, -0.15) is 0 Å². The number of benzene rings is 2.